The van der Waals surface area contributed by atoms with E-state index in [1.54, 1.807) is 0 Å². The Hall–Kier alpha value is -2.45. The van der Waals surface area contributed by atoms with Crippen LogP contribution in [0.2, 0.25) is 0 Å². The minimum Gasteiger partial charge on any atom is -0.465 e. The van der Waals surface area contributed by atoms with Crippen LogP contribution in [-0.2, 0) is 19.1 Å². The van der Waals surface area contributed by atoms with E-state index < -0.39 is 17.8 Å². The Bertz CT molecular complexity index is 515. The summed E-state index contributed by atoms with van der Waals surface area (Å²) in [5.74, 6) is -2.11. The molecule has 0 saturated carbocycles. The van der Waals surface area contributed by atoms with E-state index in [4.69, 9.17) is 9.84 Å². The van der Waals surface area contributed by atoms with Crippen molar-refractivity contribution in [1.29, 1.82) is 0 Å². The highest BCUT2D eigenvalue weighted by molar-refractivity contribution is 6.39. The van der Waals surface area contributed by atoms with Crippen LogP contribution in [0.5, 0.6) is 0 Å². The molecule has 0 fully saturated rings. The predicted octanol–water partition coefficient (Wildman–Crippen LogP) is -0.463. The summed E-state index contributed by atoms with van der Waals surface area (Å²) in [6.45, 7) is 0.436. The molecular formula is C14H18N2O6. The first kappa shape index (κ1) is 17.6. The molecule has 0 atom stereocenters. The van der Waals surface area contributed by atoms with Crippen molar-refractivity contribution in [3.63, 3.8) is 0 Å². The van der Waals surface area contributed by atoms with Crippen LogP contribution in [0.15, 0.2) is 24.3 Å². The summed E-state index contributed by atoms with van der Waals surface area (Å²) < 4.78 is 9.49. The first-order chi connectivity index (χ1) is 10.6. The number of hydrogen-bond acceptors (Lipinski definition) is 6. The zero-order valence-corrected chi connectivity index (χ0v) is 12.1. The molecule has 0 spiro atoms. The standard InChI is InChI=1S/C14H18N2O6/c1-21-14(20)10-2-4-11(5-3-10)16-13(19)12(18)15-6-8-22-9-7-17/h2-5,17H,6-9H2,1H3,(H,15,18)(H,16,19). The van der Waals surface area contributed by atoms with Gasteiger partial charge in [0.25, 0.3) is 0 Å². The third-order valence-electron chi connectivity index (χ3n) is 2.54. The third kappa shape index (κ3) is 5.90. The molecule has 0 aliphatic rings. The number of nitrogens with one attached hydrogen (secondary N) is 2. The maximum Gasteiger partial charge on any atom is 0.337 e. The lowest BCUT2D eigenvalue weighted by Gasteiger charge is -2.07. The van der Waals surface area contributed by atoms with Gasteiger partial charge in [-0.2, -0.15) is 0 Å². The second-order valence-corrected chi connectivity index (χ2v) is 4.11. The number of rotatable bonds is 7. The molecule has 0 heterocycles. The minimum atomic E-state index is -0.826. The molecule has 22 heavy (non-hydrogen) atoms. The molecule has 0 aromatic heterocycles. The van der Waals surface area contributed by atoms with Gasteiger partial charge in [0.1, 0.15) is 0 Å². The van der Waals surface area contributed by atoms with Gasteiger partial charge in [-0.25, -0.2) is 4.79 Å². The van der Waals surface area contributed by atoms with E-state index in [2.05, 4.69) is 15.4 Å². The fourth-order valence-electron chi connectivity index (χ4n) is 1.48. The number of aliphatic hydroxyl groups is 1. The van der Waals surface area contributed by atoms with Crippen LogP contribution < -0.4 is 10.6 Å². The highest BCUT2D eigenvalue weighted by atomic mass is 16.5. The molecule has 0 bridgehead atoms. The summed E-state index contributed by atoms with van der Waals surface area (Å²) in [5, 5.41) is 13.3. The molecule has 0 aliphatic heterocycles. The van der Waals surface area contributed by atoms with E-state index in [1.807, 2.05) is 0 Å². The molecule has 0 radical (unpaired) electrons. The van der Waals surface area contributed by atoms with Gasteiger partial charge in [0.05, 0.1) is 32.5 Å². The maximum atomic E-state index is 11.6. The van der Waals surface area contributed by atoms with Crippen LogP contribution in [-0.4, -0.2) is 56.4 Å². The molecule has 120 valence electrons. The monoisotopic (exact) mass is 310 g/mol. The average Bonchev–Trinajstić information content (AvgIpc) is 2.54. The van der Waals surface area contributed by atoms with Crippen molar-refractivity contribution in [3.05, 3.63) is 29.8 Å². The average molecular weight is 310 g/mol. The van der Waals surface area contributed by atoms with E-state index in [0.717, 1.165) is 0 Å². The SMILES string of the molecule is COC(=O)c1ccc(NC(=O)C(=O)NCCOCCO)cc1. The summed E-state index contributed by atoms with van der Waals surface area (Å²) in [7, 11) is 1.27. The molecule has 1 aromatic carbocycles. The van der Waals surface area contributed by atoms with E-state index >= 15 is 0 Å². The smallest absolute Gasteiger partial charge is 0.337 e. The Morgan fingerprint density at radius 3 is 2.36 bits per heavy atom. The number of methoxy groups -OCH3 is 1. The normalized spacial score (nSPS) is 9.91. The number of ether oxygens (including phenoxy) is 2. The predicted molar refractivity (Wildman–Crippen MR) is 77.3 cm³/mol. The van der Waals surface area contributed by atoms with Crippen LogP contribution >= 0.6 is 0 Å². The number of amides is 2. The first-order valence-corrected chi connectivity index (χ1v) is 6.54. The second kappa shape index (κ2) is 9.48. The van der Waals surface area contributed by atoms with Gasteiger partial charge in [0.2, 0.25) is 0 Å². The highest BCUT2D eigenvalue weighted by Gasteiger charge is 2.13. The Balaban J connectivity index is 2.40. The van der Waals surface area contributed by atoms with Gasteiger partial charge in [-0.3, -0.25) is 9.59 Å². The maximum absolute atomic E-state index is 11.6. The number of carbonyl (C=O) groups is 3. The van der Waals surface area contributed by atoms with Gasteiger partial charge in [0.15, 0.2) is 0 Å². The molecule has 3 N–H and O–H groups in total. The lowest BCUT2D eigenvalue weighted by Crippen LogP contribution is -2.37. The summed E-state index contributed by atoms with van der Waals surface area (Å²) in [6, 6.07) is 5.92. The number of benzene rings is 1. The van der Waals surface area contributed by atoms with Crippen molar-refractivity contribution in [2.45, 2.75) is 0 Å². The van der Waals surface area contributed by atoms with E-state index in [9.17, 15) is 14.4 Å². The van der Waals surface area contributed by atoms with E-state index in [1.165, 1.54) is 31.4 Å². The zero-order valence-electron chi connectivity index (χ0n) is 12.1. The molecule has 0 aliphatic carbocycles. The van der Waals surface area contributed by atoms with Crippen LogP contribution in [0.25, 0.3) is 0 Å². The number of carbonyl (C=O) groups excluding carboxylic acids is 3. The second-order valence-electron chi connectivity index (χ2n) is 4.11. The number of anilines is 1. The van der Waals surface area contributed by atoms with E-state index in [-0.39, 0.29) is 26.4 Å². The van der Waals surface area contributed by atoms with Gasteiger partial charge >= 0.3 is 17.8 Å². The lowest BCUT2D eigenvalue weighted by molar-refractivity contribution is -0.136. The zero-order chi connectivity index (χ0) is 16.4. The summed E-state index contributed by atoms with van der Waals surface area (Å²) in [5.41, 5.74) is 0.718. The van der Waals surface area contributed by atoms with Crippen molar-refractivity contribution in [1.82, 2.24) is 5.32 Å². The van der Waals surface area contributed by atoms with Crippen molar-refractivity contribution in [2.24, 2.45) is 0 Å². The van der Waals surface area contributed by atoms with Gasteiger partial charge in [-0.1, -0.05) is 0 Å². The summed E-state index contributed by atoms with van der Waals surface area (Å²) in [4.78, 5) is 34.4. The topological polar surface area (TPSA) is 114 Å². The minimum absolute atomic E-state index is 0.101. The number of aliphatic hydroxyl groups excluding tert-OH is 1. The number of esters is 1. The number of hydrogen-bond donors (Lipinski definition) is 3. The Labute approximate surface area is 127 Å². The molecule has 0 unspecified atom stereocenters. The van der Waals surface area contributed by atoms with E-state index in [0.29, 0.717) is 11.3 Å². The molecular weight excluding hydrogens is 292 g/mol. The van der Waals surface area contributed by atoms with Crippen LogP contribution in [0.1, 0.15) is 10.4 Å². The molecule has 2 amide bonds. The molecule has 0 saturated heterocycles. The van der Waals surface area contributed by atoms with Gasteiger partial charge in [-0.15, -0.1) is 0 Å². The largest absolute Gasteiger partial charge is 0.465 e. The van der Waals surface area contributed by atoms with Crippen molar-refractivity contribution < 1.29 is 29.0 Å². The van der Waals surface area contributed by atoms with Crippen molar-refractivity contribution in [3.8, 4) is 0 Å². The Kier molecular flexibility index (Phi) is 7.58. The van der Waals surface area contributed by atoms with Crippen LogP contribution in [0.4, 0.5) is 5.69 Å². The quantitative estimate of drug-likeness (QED) is 0.357. The molecule has 8 heteroatoms. The van der Waals surface area contributed by atoms with Crippen molar-refractivity contribution >= 4 is 23.5 Å². The lowest BCUT2D eigenvalue weighted by atomic mass is 10.2. The Morgan fingerprint density at radius 1 is 1.09 bits per heavy atom. The van der Waals surface area contributed by atoms with Crippen LogP contribution in [0.3, 0.4) is 0 Å². The third-order valence-corrected chi connectivity index (χ3v) is 2.54. The fraction of sp³-hybridized carbons (Fsp3) is 0.357. The van der Waals surface area contributed by atoms with Gasteiger partial charge in [0, 0.05) is 12.2 Å². The highest BCUT2D eigenvalue weighted by Crippen LogP contribution is 2.10. The molecule has 1 aromatic rings. The van der Waals surface area contributed by atoms with Gasteiger partial charge in [-0.05, 0) is 24.3 Å². The van der Waals surface area contributed by atoms with Gasteiger partial charge < -0.3 is 25.2 Å². The first-order valence-electron chi connectivity index (χ1n) is 6.54. The summed E-state index contributed by atoms with van der Waals surface area (Å²) in [6.07, 6.45) is 0. The van der Waals surface area contributed by atoms with Crippen molar-refractivity contribution in [2.75, 3.05) is 38.8 Å². The Morgan fingerprint density at radius 2 is 1.77 bits per heavy atom. The van der Waals surface area contributed by atoms with Crippen LogP contribution in [0, 0.1) is 0 Å². The fourth-order valence-corrected chi connectivity index (χ4v) is 1.48. The molecule has 8 nitrogen and oxygen atoms in total. The summed E-state index contributed by atoms with van der Waals surface area (Å²) >= 11 is 0. The molecule has 1 rings (SSSR count).